The van der Waals surface area contributed by atoms with Crippen LogP contribution in [0.1, 0.15) is 6.42 Å². The summed E-state index contributed by atoms with van der Waals surface area (Å²) >= 11 is 0. The van der Waals surface area contributed by atoms with E-state index in [0.29, 0.717) is 31.3 Å². The van der Waals surface area contributed by atoms with Gasteiger partial charge in [-0.05, 0) is 18.6 Å². The lowest BCUT2D eigenvalue weighted by Crippen LogP contribution is -2.48. The van der Waals surface area contributed by atoms with Gasteiger partial charge in [0.1, 0.15) is 11.7 Å². The second kappa shape index (κ2) is 8.67. The highest BCUT2D eigenvalue weighted by molar-refractivity contribution is 5.87. The van der Waals surface area contributed by atoms with Gasteiger partial charge in [0.05, 0.1) is 24.5 Å². The zero-order chi connectivity index (χ0) is 22.1. The summed E-state index contributed by atoms with van der Waals surface area (Å²) in [6, 6.07) is 5.38. The molecule has 0 saturated carbocycles. The Bertz CT molecular complexity index is 1220. The van der Waals surface area contributed by atoms with Gasteiger partial charge in [0.25, 0.3) is 0 Å². The summed E-state index contributed by atoms with van der Waals surface area (Å²) in [6.07, 6.45) is 5.11. The summed E-state index contributed by atoms with van der Waals surface area (Å²) in [5, 5.41) is 15.1. The van der Waals surface area contributed by atoms with Crippen LogP contribution in [0.5, 0.6) is 0 Å². The van der Waals surface area contributed by atoms with E-state index in [2.05, 4.69) is 35.7 Å². The van der Waals surface area contributed by atoms with Crippen LogP contribution in [0, 0.1) is 0 Å². The molecular formula is C21H26FN9O. The van der Waals surface area contributed by atoms with Crippen molar-refractivity contribution < 1.29 is 9.13 Å². The number of aromatic nitrogens is 6. The molecule has 5 rings (SSSR count). The molecule has 5 heterocycles. The fourth-order valence-corrected chi connectivity index (χ4v) is 4.15. The maximum atomic E-state index is 14.8. The normalized spacial score (nSPS) is 19.6. The third-order valence-electron chi connectivity index (χ3n) is 5.83. The monoisotopic (exact) mass is 439 g/mol. The van der Waals surface area contributed by atoms with Crippen molar-refractivity contribution in [1.82, 2.24) is 34.1 Å². The van der Waals surface area contributed by atoms with Crippen molar-refractivity contribution in [2.24, 2.45) is 0 Å². The summed E-state index contributed by atoms with van der Waals surface area (Å²) in [7, 11) is 3.47. The second-order valence-electron chi connectivity index (χ2n) is 7.85. The minimum atomic E-state index is -1.01. The van der Waals surface area contributed by atoms with Crippen molar-refractivity contribution in [1.29, 1.82) is 0 Å². The van der Waals surface area contributed by atoms with E-state index in [1.54, 1.807) is 22.3 Å². The molecule has 11 heteroatoms. The fourth-order valence-electron chi connectivity index (χ4n) is 4.15. The van der Waals surface area contributed by atoms with Gasteiger partial charge in [0.2, 0.25) is 5.95 Å². The number of likely N-dealkylation sites (tertiary alicyclic amines) is 1. The molecule has 1 saturated heterocycles. The zero-order valence-electron chi connectivity index (χ0n) is 18.1. The van der Waals surface area contributed by atoms with Gasteiger partial charge in [0, 0.05) is 57.8 Å². The number of methoxy groups -OCH3 is 1. The fraction of sp³-hybridized carbons (Fsp3) is 0.429. The van der Waals surface area contributed by atoms with Crippen molar-refractivity contribution in [3.8, 4) is 11.3 Å². The largest absolute Gasteiger partial charge is 0.383 e. The Morgan fingerprint density at radius 1 is 1.19 bits per heavy atom. The molecule has 10 nitrogen and oxygen atoms in total. The summed E-state index contributed by atoms with van der Waals surface area (Å²) < 4.78 is 23.4. The van der Waals surface area contributed by atoms with Crippen LogP contribution < -0.4 is 10.6 Å². The third kappa shape index (κ3) is 3.84. The molecular weight excluding hydrogens is 413 g/mol. The summed E-state index contributed by atoms with van der Waals surface area (Å²) in [5.74, 6) is 1.03. The van der Waals surface area contributed by atoms with Gasteiger partial charge < -0.3 is 15.4 Å². The van der Waals surface area contributed by atoms with Gasteiger partial charge in [0.15, 0.2) is 11.5 Å². The van der Waals surface area contributed by atoms with Gasteiger partial charge >= 0.3 is 0 Å². The Hall–Kier alpha value is -3.31. The molecule has 0 radical (unpaired) electrons. The predicted molar refractivity (Wildman–Crippen MR) is 120 cm³/mol. The second-order valence-corrected chi connectivity index (χ2v) is 7.85. The maximum Gasteiger partial charge on any atom is 0.243 e. The van der Waals surface area contributed by atoms with Gasteiger partial charge in [-0.25, -0.2) is 18.4 Å². The van der Waals surface area contributed by atoms with Crippen LogP contribution in [0.4, 0.5) is 16.2 Å². The summed E-state index contributed by atoms with van der Waals surface area (Å²) in [6.45, 7) is 2.52. The number of alkyl halides is 1. The van der Waals surface area contributed by atoms with Gasteiger partial charge in [-0.1, -0.05) is 0 Å². The van der Waals surface area contributed by atoms with Crippen LogP contribution in [0.2, 0.25) is 0 Å². The number of piperidine rings is 1. The smallest absolute Gasteiger partial charge is 0.243 e. The Morgan fingerprint density at radius 2 is 2.06 bits per heavy atom. The van der Waals surface area contributed by atoms with Crippen molar-refractivity contribution in [2.75, 3.05) is 51.0 Å². The van der Waals surface area contributed by atoms with Crippen LogP contribution in [0.25, 0.3) is 22.4 Å². The minimum Gasteiger partial charge on any atom is -0.383 e. The number of nitrogens with one attached hydrogen (secondary N) is 2. The highest BCUT2D eigenvalue weighted by Crippen LogP contribution is 2.29. The van der Waals surface area contributed by atoms with E-state index in [0.717, 1.165) is 35.5 Å². The molecule has 1 aliphatic rings. The van der Waals surface area contributed by atoms with E-state index in [1.165, 1.54) is 0 Å². The van der Waals surface area contributed by atoms with E-state index in [9.17, 15) is 4.39 Å². The van der Waals surface area contributed by atoms with E-state index in [1.807, 2.05) is 37.6 Å². The lowest BCUT2D eigenvalue weighted by molar-refractivity contribution is 0.0918. The van der Waals surface area contributed by atoms with Crippen LogP contribution >= 0.6 is 0 Å². The number of hydrogen-bond donors (Lipinski definition) is 2. The number of fused-ring (bicyclic) bond motifs is 2. The first kappa shape index (κ1) is 20.6. The lowest BCUT2D eigenvalue weighted by Gasteiger charge is -2.34. The van der Waals surface area contributed by atoms with Gasteiger partial charge in [-0.15, -0.1) is 5.10 Å². The molecule has 4 aromatic heterocycles. The summed E-state index contributed by atoms with van der Waals surface area (Å²) in [5.41, 5.74) is 3.27. The van der Waals surface area contributed by atoms with Crippen LogP contribution in [-0.4, -0.2) is 86.7 Å². The quantitative estimate of drug-likeness (QED) is 0.451. The molecule has 0 unspecified atom stereocenters. The highest BCUT2D eigenvalue weighted by Gasteiger charge is 2.30. The van der Waals surface area contributed by atoms with Crippen LogP contribution in [0.15, 0.2) is 36.8 Å². The highest BCUT2D eigenvalue weighted by atomic mass is 19.1. The average Bonchev–Trinajstić information content (AvgIpc) is 3.45. The van der Waals surface area contributed by atoms with Gasteiger partial charge in [-0.3, -0.25) is 4.90 Å². The first-order valence-corrected chi connectivity index (χ1v) is 10.7. The number of anilines is 2. The number of rotatable bonds is 7. The van der Waals surface area contributed by atoms with E-state index >= 15 is 0 Å². The molecule has 2 atom stereocenters. The number of hydrogen-bond acceptors (Lipinski definition) is 8. The molecule has 168 valence electrons. The first-order chi connectivity index (χ1) is 15.7. The van der Waals surface area contributed by atoms with Gasteiger partial charge in [-0.2, -0.15) is 10.1 Å². The molecule has 32 heavy (non-hydrogen) atoms. The van der Waals surface area contributed by atoms with E-state index in [4.69, 9.17) is 4.74 Å². The maximum absolute atomic E-state index is 14.8. The van der Waals surface area contributed by atoms with Crippen molar-refractivity contribution in [3.63, 3.8) is 0 Å². The predicted octanol–water partition coefficient (Wildman–Crippen LogP) is 1.95. The topological polar surface area (TPSA) is 96.9 Å². The Morgan fingerprint density at radius 3 is 2.88 bits per heavy atom. The lowest BCUT2D eigenvalue weighted by atomic mass is 10.0. The molecule has 0 aromatic carbocycles. The Kier molecular flexibility index (Phi) is 5.58. The Labute approximate surface area is 184 Å². The molecule has 1 fully saturated rings. The van der Waals surface area contributed by atoms with Crippen molar-refractivity contribution in [3.05, 3.63) is 36.8 Å². The Balaban J connectivity index is 1.40. The zero-order valence-corrected chi connectivity index (χ0v) is 18.1. The van der Waals surface area contributed by atoms with Crippen LogP contribution in [-0.2, 0) is 4.74 Å². The SMILES string of the molecule is CNc1nc(N[C@H]2CCN(CCOC)C[C@@H]2F)nn2ccc(-c3ccn4nccc4n3)c12. The molecule has 2 N–H and O–H groups in total. The van der Waals surface area contributed by atoms with E-state index < -0.39 is 6.17 Å². The van der Waals surface area contributed by atoms with Crippen LogP contribution in [0.3, 0.4) is 0 Å². The number of nitrogens with zero attached hydrogens (tertiary/aromatic N) is 7. The summed E-state index contributed by atoms with van der Waals surface area (Å²) in [4.78, 5) is 11.4. The molecule has 0 spiro atoms. The molecule has 0 amide bonds. The standard InChI is InChI=1S/C21H26FN9O/c1-23-20-19-14(16-6-10-30-18(25-16)3-7-24-30)4-9-31(19)28-21(27-20)26-17-5-8-29(11-12-32-2)13-15(17)22/h3-4,6-7,9-10,15,17H,5,8,11-13H2,1-2H3,(H2,23,26,27,28)/t15-,17-/m0/s1. The molecule has 0 bridgehead atoms. The van der Waals surface area contributed by atoms with Crippen molar-refractivity contribution >= 4 is 22.9 Å². The number of halogens is 1. The van der Waals surface area contributed by atoms with Crippen molar-refractivity contribution in [2.45, 2.75) is 18.6 Å². The van der Waals surface area contributed by atoms with E-state index in [-0.39, 0.29) is 6.04 Å². The third-order valence-corrected chi connectivity index (χ3v) is 5.83. The molecule has 0 aliphatic carbocycles. The molecule has 4 aromatic rings. The number of ether oxygens (including phenoxy) is 1. The average molecular weight is 439 g/mol. The molecule has 1 aliphatic heterocycles. The first-order valence-electron chi connectivity index (χ1n) is 10.7. The minimum absolute atomic E-state index is 0.336.